The highest BCUT2D eigenvalue weighted by Crippen LogP contribution is 2.34. The molecule has 0 unspecified atom stereocenters. The van der Waals surface area contributed by atoms with E-state index in [9.17, 15) is 8.78 Å². The van der Waals surface area contributed by atoms with E-state index in [1.165, 1.54) is 11.3 Å². The van der Waals surface area contributed by atoms with Crippen LogP contribution in [0.4, 0.5) is 8.78 Å². The van der Waals surface area contributed by atoms with Crippen LogP contribution in [0.2, 0.25) is 5.02 Å². The lowest BCUT2D eigenvalue weighted by Gasteiger charge is -2.13. The summed E-state index contributed by atoms with van der Waals surface area (Å²) < 4.78 is 26.7. The smallest absolute Gasteiger partial charge is 0.282 e. The van der Waals surface area contributed by atoms with E-state index in [1.807, 2.05) is 24.3 Å². The Morgan fingerprint density at radius 3 is 2.72 bits per heavy atom. The van der Waals surface area contributed by atoms with Crippen LogP contribution in [0, 0.1) is 0 Å². The third kappa shape index (κ3) is 2.98. The van der Waals surface area contributed by atoms with E-state index < -0.39 is 19.1 Å². The van der Waals surface area contributed by atoms with Crippen molar-refractivity contribution < 1.29 is 13.9 Å². The fourth-order valence-electron chi connectivity index (χ4n) is 1.59. The number of aliphatic hydroxyl groups excluding tert-OH is 1. The lowest BCUT2D eigenvalue weighted by molar-refractivity contribution is -0.0477. The number of fused-ring (bicyclic) bond motifs is 1. The highest BCUT2D eigenvalue weighted by atomic mass is 35.5. The predicted molar refractivity (Wildman–Crippen MR) is 70.6 cm³/mol. The van der Waals surface area contributed by atoms with E-state index in [0.29, 0.717) is 5.02 Å². The lowest BCUT2D eigenvalue weighted by Crippen LogP contribution is -2.35. The summed E-state index contributed by atoms with van der Waals surface area (Å²) in [4.78, 5) is 0.826. The molecule has 0 atom stereocenters. The molecule has 0 amide bonds. The lowest BCUT2D eigenvalue weighted by atomic mass is 10.2. The minimum Gasteiger partial charge on any atom is -0.390 e. The summed E-state index contributed by atoms with van der Waals surface area (Å²) in [6.07, 6.45) is 0. The van der Waals surface area contributed by atoms with Crippen molar-refractivity contribution in [3.63, 3.8) is 0 Å². The molecule has 2 aromatic rings. The first kappa shape index (κ1) is 13.7. The van der Waals surface area contributed by atoms with Gasteiger partial charge in [-0.05, 0) is 6.07 Å². The van der Waals surface area contributed by atoms with Crippen molar-refractivity contribution in [3.05, 3.63) is 34.2 Å². The second kappa shape index (κ2) is 5.48. The van der Waals surface area contributed by atoms with Crippen LogP contribution in [0.1, 0.15) is 4.88 Å². The van der Waals surface area contributed by atoms with Gasteiger partial charge >= 0.3 is 0 Å². The third-order valence-electron chi connectivity index (χ3n) is 2.50. The zero-order valence-electron chi connectivity index (χ0n) is 9.42. The molecule has 98 valence electrons. The Morgan fingerprint density at radius 2 is 2.06 bits per heavy atom. The van der Waals surface area contributed by atoms with Crippen molar-refractivity contribution in [1.29, 1.82) is 0 Å². The molecule has 6 heteroatoms. The maximum atomic E-state index is 12.8. The molecule has 0 aliphatic rings. The van der Waals surface area contributed by atoms with E-state index >= 15 is 0 Å². The molecule has 0 saturated carbocycles. The van der Waals surface area contributed by atoms with Crippen LogP contribution in [0.15, 0.2) is 24.3 Å². The van der Waals surface area contributed by atoms with E-state index in [4.69, 9.17) is 16.7 Å². The van der Waals surface area contributed by atoms with Crippen molar-refractivity contribution in [2.75, 3.05) is 13.2 Å². The average Bonchev–Trinajstić information content (AvgIpc) is 2.67. The van der Waals surface area contributed by atoms with Crippen LogP contribution in [0.25, 0.3) is 10.1 Å². The highest BCUT2D eigenvalue weighted by Gasteiger charge is 2.27. The summed E-state index contributed by atoms with van der Waals surface area (Å²) in [5.74, 6) is -3.09. The summed E-state index contributed by atoms with van der Waals surface area (Å²) in [5.41, 5.74) is 0. The molecule has 2 N–H and O–H groups in total. The van der Waals surface area contributed by atoms with Gasteiger partial charge < -0.3 is 10.4 Å². The Bertz CT molecular complexity index is 544. The van der Waals surface area contributed by atoms with Gasteiger partial charge in [-0.1, -0.05) is 29.8 Å². The number of halogens is 3. The minimum absolute atomic E-state index is 0.272. The molecule has 18 heavy (non-hydrogen) atoms. The van der Waals surface area contributed by atoms with Crippen molar-refractivity contribution >= 4 is 33.0 Å². The number of aliphatic hydroxyl groups is 1. The number of thiophene rings is 1. The first-order valence-electron chi connectivity index (χ1n) is 5.39. The van der Waals surface area contributed by atoms with E-state index in [2.05, 4.69) is 5.32 Å². The molecule has 0 aliphatic carbocycles. The normalized spacial score (nSPS) is 12.2. The molecule has 0 aliphatic heterocycles. The molecule has 0 radical (unpaired) electrons. The van der Waals surface area contributed by atoms with Crippen molar-refractivity contribution in [3.8, 4) is 0 Å². The Labute approximate surface area is 112 Å². The summed E-state index contributed by atoms with van der Waals surface area (Å²) in [6, 6.07) is 7.64. The average molecular weight is 292 g/mol. The van der Waals surface area contributed by atoms with Crippen molar-refractivity contribution in [2.24, 2.45) is 0 Å². The first-order valence-corrected chi connectivity index (χ1v) is 6.58. The highest BCUT2D eigenvalue weighted by molar-refractivity contribution is 7.19. The summed E-state index contributed by atoms with van der Waals surface area (Å²) >= 11 is 7.65. The van der Waals surface area contributed by atoms with Crippen molar-refractivity contribution in [2.45, 2.75) is 12.5 Å². The standard InChI is InChI=1S/C12H12ClF2NOS/c13-11-8-3-1-2-4-9(8)18-10(11)5-16-6-12(14,15)7-17/h1-4,16-17H,5-7H2. The number of nitrogens with one attached hydrogen (secondary N) is 1. The zero-order chi connectivity index (χ0) is 13.2. The molecule has 0 bridgehead atoms. The Morgan fingerprint density at radius 1 is 1.33 bits per heavy atom. The summed E-state index contributed by atoms with van der Waals surface area (Å²) in [5, 5.41) is 12.6. The molecule has 1 heterocycles. The van der Waals surface area contributed by atoms with E-state index in [0.717, 1.165) is 15.0 Å². The number of hydrogen-bond donors (Lipinski definition) is 2. The molecular weight excluding hydrogens is 280 g/mol. The van der Waals surface area contributed by atoms with Crippen LogP contribution in [0.5, 0.6) is 0 Å². The van der Waals surface area contributed by atoms with Gasteiger partial charge in [0, 0.05) is 21.5 Å². The van der Waals surface area contributed by atoms with Gasteiger partial charge in [0.05, 0.1) is 11.6 Å². The number of hydrogen-bond acceptors (Lipinski definition) is 3. The molecule has 1 aromatic heterocycles. The molecular formula is C12H12ClF2NOS. The fourth-order valence-corrected chi connectivity index (χ4v) is 3.06. The topological polar surface area (TPSA) is 32.3 Å². The van der Waals surface area contributed by atoms with Crippen LogP contribution in [-0.2, 0) is 6.54 Å². The van der Waals surface area contributed by atoms with Gasteiger partial charge in [0.15, 0.2) is 0 Å². The second-order valence-electron chi connectivity index (χ2n) is 3.95. The third-order valence-corrected chi connectivity index (χ3v) is 4.22. The maximum absolute atomic E-state index is 12.8. The number of alkyl halides is 2. The molecule has 2 rings (SSSR count). The van der Waals surface area contributed by atoms with Gasteiger partial charge in [-0.25, -0.2) is 8.78 Å². The molecule has 1 aromatic carbocycles. The Hall–Kier alpha value is -0.750. The predicted octanol–water partition coefficient (Wildman–Crippen LogP) is 3.27. The van der Waals surface area contributed by atoms with Gasteiger partial charge in [0.2, 0.25) is 0 Å². The molecule has 0 spiro atoms. The molecule has 0 saturated heterocycles. The van der Waals surface area contributed by atoms with E-state index in [1.54, 1.807) is 0 Å². The van der Waals surface area contributed by atoms with E-state index in [-0.39, 0.29) is 6.54 Å². The first-order chi connectivity index (χ1) is 8.53. The number of rotatable bonds is 5. The van der Waals surface area contributed by atoms with Crippen LogP contribution < -0.4 is 5.32 Å². The zero-order valence-corrected chi connectivity index (χ0v) is 11.0. The maximum Gasteiger partial charge on any atom is 0.282 e. The van der Waals surface area contributed by atoms with Gasteiger partial charge in [-0.2, -0.15) is 0 Å². The quantitative estimate of drug-likeness (QED) is 0.886. The van der Waals surface area contributed by atoms with Gasteiger partial charge in [-0.15, -0.1) is 11.3 Å². The van der Waals surface area contributed by atoms with Crippen LogP contribution in [0.3, 0.4) is 0 Å². The minimum atomic E-state index is -3.09. The Balaban J connectivity index is 2.06. The second-order valence-corrected chi connectivity index (χ2v) is 5.47. The monoisotopic (exact) mass is 291 g/mol. The fraction of sp³-hybridized carbons (Fsp3) is 0.333. The summed E-state index contributed by atoms with van der Waals surface area (Å²) in [7, 11) is 0. The molecule has 0 fully saturated rings. The van der Waals surface area contributed by atoms with Crippen LogP contribution >= 0.6 is 22.9 Å². The largest absolute Gasteiger partial charge is 0.390 e. The van der Waals surface area contributed by atoms with Crippen LogP contribution in [-0.4, -0.2) is 24.2 Å². The Kier molecular flexibility index (Phi) is 4.17. The van der Waals surface area contributed by atoms with Gasteiger partial charge in [0.25, 0.3) is 5.92 Å². The van der Waals surface area contributed by atoms with Gasteiger partial charge in [-0.3, -0.25) is 0 Å². The molecule has 2 nitrogen and oxygen atoms in total. The van der Waals surface area contributed by atoms with Gasteiger partial charge in [0.1, 0.15) is 6.61 Å². The number of benzene rings is 1. The summed E-state index contributed by atoms with van der Waals surface area (Å²) in [6.45, 7) is -1.44. The van der Waals surface area contributed by atoms with Crippen molar-refractivity contribution in [1.82, 2.24) is 5.32 Å². The SMILES string of the molecule is OCC(F)(F)CNCc1sc2ccccc2c1Cl.